The number of rotatable bonds is 8. The molecule has 0 saturated carbocycles. The second-order valence-electron chi connectivity index (χ2n) is 8.15. The van der Waals surface area contributed by atoms with Crippen molar-refractivity contribution >= 4 is 23.1 Å². The van der Waals surface area contributed by atoms with Gasteiger partial charge in [0.1, 0.15) is 5.82 Å². The van der Waals surface area contributed by atoms with E-state index < -0.39 is 0 Å². The van der Waals surface area contributed by atoms with Crippen molar-refractivity contribution in [1.29, 1.82) is 0 Å². The predicted octanol–water partition coefficient (Wildman–Crippen LogP) is 5.56. The first kappa shape index (κ1) is 22.1. The molecule has 1 unspecified atom stereocenters. The quantitative estimate of drug-likeness (QED) is 0.475. The summed E-state index contributed by atoms with van der Waals surface area (Å²) in [6.07, 6.45) is 0.901. The van der Waals surface area contributed by atoms with Crippen LogP contribution < -0.4 is 4.90 Å². The number of amides is 1. The molecule has 2 aromatic heterocycles. The Labute approximate surface area is 183 Å². The van der Waals surface area contributed by atoms with Crippen molar-refractivity contribution in [3.8, 4) is 5.69 Å². The molecule has 1 aromatic carbocycles. The highest BCUT2D eigenvalue weighted by Crippen LogP contribution is 2.32. The first-order chi connectivity index (χ1) is 14.3. The third kappa shape index (κ3) is 4.43. The van der Waals surface area contributed by atoms with E-state index in [9.17, 15) is 4.79 Å². The number of anilines is 1. The highest BCUT2D eigenvalue weighted by atomic mass is 32.1. The molecule has 0 bridgehead atoms. The minimum atomic E-state index is 0.0891. The van der Waals surface area contributed by atoms with Crippen LogP contribution in [0.3, 0.4) is 0 Å². The van der Waals surface area contributed by atoms with Crippen LogP contribution in [-0.4, -0.2) is 40.7 Å². The van der Waals surface area contributed by atoms with Crippen LogP contribution in [-0.2, 0) is 6.54 Å². The lowest BCUT2D eigenvalue weighted by Crippen LogP contribution is -2.38. The maximum absolute atomic E-state index is 13.3. The van der Waals surface area contributed by atoms with Gasteiger partial charge in [-0.1, -0.05) is 45.0 Å². The van der Waals surface area contributed by atoms with Crippen molar-refractivity contribution in [2.75, 3.05) is 19.0 Å². The van der Waals surface area contributed by atoms with E-state index in [4.69, 9.17) is 5.10 Å². The zero-order valence-corrected chi connectivity index (χ0v) is 19.6. The van der Waals surface area contributed by atoms with Gasteiger partial charge < -0.3 is 9.80 Å². The van der Waals surface area contributed by atoms with Crippen LogP contribution in [0, 0.1) is 0 Å². The molecule has 1 atom stereocenters. The van der Waals surface area contributed by atoms with Crippen LogP contribution in [0.2, 0.25) is 0 Å². The van der Waals surface area contributed by atoms with E-state index >= 15 is 0 Å². The number of nitrogens with zero attached hydrogens (tertiary/aromatic N) is 4. The van der Waals surface area contributed by atoms with Gasteiger partial charge >= 0.3 is 0 Å². The van der Waals surface area contributed by atoms with E-state index in [1.807, 2.05) is 59.4 Å². The second-order valence-corrected chi connectivity index (χ2v) is 9.10. The molecule has 0 aliphatic rings. The summed E-state index contributed by atoms with van der Waals surface area (Å²) in [6.45, 7) is 9.12. The number of aromatic nitrogens is 2. The molecule has 3 aromatic rings. The van der Waals surface area contributed by atoms with Crippen LogP contribution >= 0.6 is 11.3 Å². The van der Waals surface area contributed by atoms with E-state index in [1.54, 1.807) is 0 Å². The summed E-state index contributed by atoms with van der Waals surface area (Å²) in [7, 11) is 4.08. The maximum atomic E-state index is 13.3. The van der Waals surface area contributed by atoms with Crippen molar-refractivity contribution in [3.63, 3.8) is 0 Å². The molecule has 0 radical (unpaired) electrons. The van der Waals surface area contributed by atoms with Gasteiger partial charge in [0.15, 0.2) is 0 Å². The van der Waals surface area contributed by atoms with E-state index in [0.29, 0.717) is 6.54 Å². The standard InChI is InChI=1S/C24H32N4OS/c1-7-18(4)27(24(29)21-14-11-15-30-21)16-20-22(17(2)3)25-28(23(20)26(5)6)19-12-9-8-10-13-19/h8-15,17-18H,7,16H2,1-6H3. The summed E-state index contributed by atoms with van der Waals surface area (Å²) in [5.74, 6) is 1.36. The molecule has 0 N–H and O–H groups in total. The lowest BCUT2D eigenvalue weighted by atomic mass is 10.0. The molecule has 30 heavy (non-hydrogen) atoms. The molecular formula is C24H32N4OS. The van der Waals surface area contributed by atoms with E-state index in [2.05, 4.69) is 44.7 Å². The molecular weight excluding hydrogens is 392 g/mol. The van der Waals surface area contributed by atoms with E-state index in [0.717, 1.165) is 34.1 Å². The van der Waals surface area contributed by atoms with Gasteiger partial charge in [-0.25, -0.2) is 4.68 Å². The monoisotopic (exact) mass is 424 g/mol. The molecule has 3 rings (SSSR count). The van der Waals surface area contributed by atoms with Gasteiger partial charge in [0.2, 0.25) is 0 Å². The molecule has 6 heteroatoms. The number of benzene rings is 1. The van der Waals surface area contributed by atoms with Crippen LogP contribution in [0.1, 0.15) is 61.0 Å². The average Bonchev–Trinajstić information content (AvgIpc) is 3.39. The topological polar surface area (TPSA) is 41.4 Å². The Balaban J connectivity index is 2.12. The van der Waals surface area contributed by atoms with Crippen molar-refractivity contribution in [1.82, 2.24) is 14.7 Å². The van der Waals surface area contributed by atoms with Crippen LogP contribution in [0.4, 0.5) is 5.82 Å². The Hall–Kier alpha value is -2.60. The van der Waals surface area contributed by atoms with Gasteiger partial charge in [-0.3, -0.25) is 4.79 Å². The second kappa shape index (κ2) is 9.47. The third-order valence-corrected chi connectivity index (χ3v) is 6.26. The fraction of sp³-hybridized carbons (Fsp3) is 0.417. The van der Waals surface area contributed by atoms with Crippen LogP contribution in [0.5, 0.6) is 0 Å². The zero-order chi connectivity index (χ0) is 21.8. The maximum Gasteiger partial charge on any atom is 0.264 e. The number of hydrogen-bond donors (Lipinski definition) is 0. The fourth-order valence-corrected chi connectivity index (χ4v) is 4.32. The van der Waals surface area contributed by atoms with Crippen molar-refractivity contribution in [2.24, 2.45) is 0 Å². The Morgan fingerprint density at radius 3 is 2.33 bits per heavy atom. The third-order valence-electron chi connectivity index (χ3n) is 5.40. The Bertz CT molecular complexity index is 961. The molecule has 0 aliphatic heterocycles. The van der Waals surface area contributed by atoms with Gasteiger partial charge in [0, 0.05) is 25.7 Å². The van der Waals surface area contributed by atoms with Gasteiger partial charge in [0.25, 0.3) is 5.91 Å². The molecule has 160 valence electrons. The predicted molar refractivity (Wildman–Crippen MR) is 126 cm³/mol. The molecule has 0 fully saturated rings. The van der Waals surface area contributed by atoms with Gasteiger partial charge in [0.05, 0.1) is 22.8 Å². The molecule has 0 spiro atoms. The lowest BCUT2D eigenvalue weighted by Gasteiger charge is -2.29. The highest BCUT2D eigenvalue weighted by Gasteiger charge is 2.28. The molecule has 5 nitrogen and oxygen atoms in total. The molecule has 1 amide bonds. The Kier molecular flexibility index (Phi) is 6.98. The summed E-state index contributed by atoms with van der Waals surface area (Å²) < 4.78 is 2.01. The highest BCUT2D eigenvalue weighted by molar-refractivity contribution is 7.12. The molecule has 2 heterocycles. The van der Waals surface area contributed by atoms with Gasteiger partial charge in [-0.05, 0) is 42.8 Å². The smallest absolute Gasteiger partial charge is 0.264 e. The zero-order valence-electron chi connectivity index (χ0n) is 18.8. The Morgan fingerprint density at radius 1 is 1.10 bits per heavy atom. The van der Waals surface area contributed by atoms with Crippen LogP contribution in [0.15, 0.2) is 47.8 Å². The largest absolute Gasteiger partial charge is 0.362 e. The first-order valence-corrected chi connectivity index (χ1v) is 11.4. The lowest BCUT2D eigenvalue weighted by molar-refractivity contribution is 0.0676. The van der Waals surface area contributed by atoms with Crippen LogP contribution in [0.25, 0.3) is 5.69 Å². The minimum absolute atomic E-state index is 0.0891. The normalized spacial score (nSPS) is 12.2. The SMILES string of the molecule is CCC(C)N(Cc1c(C(C)C)nn(-c2ccccc2)c1N(C)C)C(=O)c1cccs1. The Morgan fingerprint density at radius 2 is 1.80 bits per heavy atom. The van der Waals surface area contributed by atoms with Crippen molar-refractivity contribution in [3.05, 3.63) is 64.0 Å². The van der Waals surface area contributed by atoms with E-state index in [-0.39, 0.29) is 17.9 Å². The number of para-hydroxylation sites is 1. The van der Waals surface area contributed by atoms with Crippen molar-refractivity contribution in [2.45, 2.75) is 52.6 Å². The first-order valence-electron chi connectivity index (χ1n) is 10.5. The molecule has 0 saturated heterocycles. The molecule has 0 aliphatic carbocycles. The average molecular weight is 425 g/mol. The van der Waals surface area contributed by atoms with Gasteiger partial charge in [-0.15, -0.1) is 11.3 Å². The van der Waals surface area contributed by atoms with Crippen molar-refractivity contribution < 1.29 is 4.79 Å². The summed E-state index contributed by atoms with van der Waals surface area (Å²) in [5.41, 5.74) is 3.17. The summed E-state index contributed by atoms with van der Waals surface area (Å²) in [6, 6.07) is 14.2. The number of thiophene rings is 1. The summed E-state index contributed by atoms with van der Waals surface area (Å²) in [5, 5.41) is 6.96. The number of carbonyl (C=O) groups is 1. The number of carbonyl (C=O) groups excluding carboxylic acids is 1. The number of hydrogen-bond acceptors (Lipinski definition) is 4. The van der Waals surface area contributed by atoms with E-state index in [1.165, 1.54) is 11.3 Å². The minimum Gasteiger partial charge on any atom is -0.362 e. The van der Waals surface area contributed by atoms with Gasteiger partial charge in [-0.2, -0.15) is 5.10 Å². The summed E-state index contributed by atoms with van der Waals surface area (Å²) in [4.78, 5) is 18.2. The summed E-state index contributed by atoms with van der Waals surface area (Å²) >= 11 is 1.50. The fourth-order valence-electron chi connectivity index (χ4n) is 3.64.